The van der Waals surface area contributed by atoms with Gasteiger partial charge in [-0.15, -0.1) is 0 Å². The topological polar surface area (TPSA) is 33.0 Å². The maximum atomic E-state index is 9.20. The molecule has 1 fully saturated rings. The van der Waals surface area contributed by atoms with Crippen molar-refractivity contribution >= 4 is 11.6 Å². The van der Waals surface area contributed by atoms with Gasteiger partial charge in [0.15, 0.2) is 0 Å². The van der Waals surface area contributed by atoms with Gasteiger partial charge in [0.25, 0.3) is 0 Å². The molecule has 1 aromatic carbocycles. The predicted octanol–water partition coefficient (Wildman–Crippen LogP) is 4.44. The van der Waals surface area contributed by atoms with Crippen LogP contribution in [0.2, 0.25) is 5.02 Å². The minimum absolute atomic E-state index is 0.0101. The summed E-state index contributed by atoms with van der Waals surface area (Å²) in [6.07, 6.45) is 4.16. The van der Waals surface area contributed by atoms with Crippen molar-refractivity contribution in [3.05, 3.63) is 29.3 Å². The number of rotatable bonds is 3. The molecule has 0 saturated heterocycles. The summed E-state index contributed by atoms with van der Waals surface area (Å²) < 4.78 is 5.97. The molecule has 96 valence electrons. The van der Waals surface area contributed by atoms with Gasteiger partial charge in [0.05, 0.1) is 17.0 Å². The van der Waals surface area contributed by atoms with E-state index in [2.05, 4.69) is 13.0 Å². The van der Waals surface area contributed by atoms with Crippen molar-refractivity contribution in [1.29, 1.82) is 5.26 Å². The molecule has 2 rings (SSSR count). The van der Waals surface area contributed by atoms with E-state index in [1.54, 1.807) is 0 Å². The molecule has 1 saturated carbocycles. The van der Waals surface area contributed by atoms with E-state index in [4.69, 9.17) is 16.3 Å². The van der Waals surface area contributed by atoms with Crippen LogP contribution in [0, 0.1) is 23.2 Å². The molecular formula is C15H18ClNO. The lowest BCUT2D eigenvalue weighted by Crippen LogP contribution is -2.33. The van der Waals surface area contributed by atoms with Crippen LogP contribution in [0.5, 0.6) is 5.75 Å². The van der Waals surface area contributed by atoms with Crippen molar-refractivity contribution in [2.45, 2.75) is 38.7 Å². The summed E-state index contributed by atoms with van der Waals surface area (Å²) in [5, 5.41) is 9.82. The number of para-hydroxylation sites is 1. The molecule has 3 atom stereocenters. The lowest BCUT2D eigenvalue weighted by molar-refractivity contribution is 0.0894. The summed E-state index contributed by atoms with van der Waals surface area (Å²) in [5.41, 5.74) is 0. The molecule has 0 spiro atoms. The van der Waals surface area contributed by atoms with E-state index >= 15 is 0 Å². The van der Waals surface area contributed by atoms with Gasteiger partial charge in [0, 0.05) is 0 Å². The lowest BCUT2D eigenvalue weighted by atomic mass is 9.79. The SMILES string of the molecule is CCC1CCC(C#N)C(Oc2ccccc2Cl)C1. The number of halogens is 1. The minimum atomic E-state index is -0.0198. The highest BCUT2D eigenvalue weighted by Crippen LogP contribution is 2.35. The van der Waals surface area contributed by atoms with Gasteiger partial charge in [0.2, 0.25) is 0 Å². The first-order chi connectivity index (χ1) is 8.74. The fraction of sp³-hybridized carbons (Fsp3) is 0.533. The second-order valence-electron chi connectivity index (χ2n) is 4.91. The van der Waals surface area contributed by atoms with Gasteiger partial charge < -0.3 is 4.74 Å². The van der Waals surface area contributed by atoms with Gasteiger partial charge in [-0.3, -0.25) is 0 Å². The smallest absolute Gasteiger partial charge is 0.138 e. The van der Waals surface area contributed by atoms with Crippen LogP contribution in [0.25, 0.3) is 0 Å². The summed E-state index contributed by atoms with van der Waals surface area (Å²) >= 11 is 6.10. The van der Waals surface area contributed by atoms with E-state index in [0.29, 0.717) is 16.7 Å². The Morgan fingerprint density at radius 1 is 1.39 bits per heavy atom. The molecule has 18 heavy (non-hydrogen) atoms. The third-order valence-electron chi connectivity index (χ3n) is 3.76. The molecule has 0 heterocycles. The molecule has 0 radical (unpaired) electrons. The number of nitrogens with zero attached hydrogens (tertiary/aromatic N) is 1. The van der Waals surface area contributed by atoms with Crippen LogP contribution in [-0.2, 0) is 0 Å². The number of hydrogen-bond donors (Lipinski definition) is 0. The Morgan fingerprint density at radius 3 is 2.83 bits per heavy atom. The molecule has 1 aromatic rings. The molecule has 0 amide bonds. The summed E-state index contributed by atoms with van der Waals surface area (Å²) in [6, 6.07) is 9.84. The first-order valence-corrected chi connectivity index (χ1v) is 6.93. The third-order valence-corrected chi connectivity index (χ3v) is 4.07. The Kier molecular flexibility index (Phi) is 4.49. The van der Waals surface area contributed by atoms with Crippen molar-refractivity contribution in [3.8, 4) is 11.8 Å². The zero-order valence-corrected chi connectivity index (χ0v) is 11.4. The highest BCUT2D eigenvalue weighted by molar-refractivity contribution is 6.32. The van der Waals surface area contributed by atoms with Gasteiger partial charge in [-0.2, -0.15) is 5.26 Å². The van der Waals surface area contributed by atoms with Crippen LogP contribution in [0.1, 0.15) is 32.6 Å². The average Bonchev–Trinajstić information content (AvgIpc) is 2.41. The van der Waals surface area contributed by atoms with Crippen LogP contribution >= 0.6 is 11.6 Å². The highest BCUT2D eigenvalue weighted by atomic mass is 35.5. The Bertz CT molecular complexity index is 440. The third kappa shape index (κ3) is 2.97. The van der Waals surface area contributed by atoms with Gasteiger partial charge in [-0.25, -0.2) is 0 Å². The first kappa shape index (κ1) is 13.2. The van der Waals surface area contributed by atoms with E-state index in [9.17, 15) is 5.26 Å². The fourth-order valence-electron chi connectivity index (χ4n) is 2.56. The summed E-state index contributed by atoms with van der Waals surface area (Å²) in [6.45, 7) is 2.20. The Balaban J connectivity index is 2.10. The maximum Gasteiger partial charge on any atom is 0.138 e. The van der Waals surface area contributed by atoms with Crippen LogP contribution in [0.4, 0.5) is 0 Å². The highest BCUT2D eigenvalue weighted by Gasteiger charge is 2.31. The molecular weight excluding hydrogens is 246 g/mol. The van der Waals surface area contributed by atoms with E-state index < -0.39 is 0 Å². The second-order valence-corrected chi connectivity index (χ2v) is 5.32. The van der Waals surface area contributed by atoms with Crippen molar-refractivity contribution < 1.29 is 4.74 Å². The molecule has 0 aliphatic heterocycles. The van der Waals surface area contributed by atoms with Crippen molar-refractivity contribution in [3.63, 3.8) is 0 Å². The molecule has 3 unspecified atom stereocenters. The van der Waals surface area contributed by atoms with Crippen LogP contribution in [0.15, 0.2) is 24.3 Å². The van der Waals surface area contributed by atoms with Crippen molar-refractivity contribution in [2.24, 2.45) is 11.8 Å². The zero-order valence-electron chi connectivity index (χ0n) is 10.6. The Hall–Kier alpha value is -1.20. The monoisotopic (exact) mass is 263 g/mol. The van der Waals surface area contributed by atoms with Crippen molar-refractivity contribution in [2.75, 3.05) is 0 Å². The lowest BCUT2D eigenvalue weighted by Gasteiger charge is -2.32. The standard InChI is InChI=1S/C15H18ClNO/c1-2-11-7-8-12(10-17)15(9-11)18-14-6-4-3-5-13(14)16/h3-6,11-12,15H,2,7-9H2,1H3. The van der Waals surface area contributed by atoms with E-state index in [0.717, 1.165) is 25.7 Å². The molecule has 0 aromatic heterocycles. The number of benzene rings is 1. The predicted molar refractivity (Wildman–Crippen MR) is 72.6 cm³/mol. The summed E-state index contributed by atoms with van der Waals surface area (Å²) in [4.78, 5) is 0. The van der Waals surface area contributed by atoms with Gasteiger partial charge in [0.1, 0.15) is 11.9 Å². The number of nitriles is 1. The van der Waals surface area contributed by atoms with E-state index in [-0.39, 0.29) is 12.0 Å². The molecule has 1 aliphatic rings. The van der Waals surface area contributed by atoms with Crippen LogP contribution in [-0.4, -0.2) is 6.10 Å². The zero-order chi connectivity index (χ0) is 13.0. The van der Waals surface area contributed by atoms with Gasteiger partial charge >= 0.3 is 0 Å². The molecule has 2 nitrogen and oxygen atoms in total. The van der Waals surface area contributed by atoms with E-state index in [1.165, 1.54) is 0 Å². The van der Waals surface area contributed by atoms with Crippen LogP contribution < -0.4 is 4.74 Å². The normalized spacial score (nSPS) is 27.5. The summed E-state index contributed by atoms with van der Waals surface area (Å²) in [7, 11) is 0. The Morgan fingerprint density at radius 2 is 2.17 bits per heavy atom. The van der Waals surface area contributed by atoms with Crippen molar-refractivity contribution in [1.82, 2.24) is 0 Å². The second kappa shape index (κ2) is 6.11. The van der Waals surface area contributed by atoms with Gasteiger partial charge in [-0.1, -0.05) is 37.1 Å². The Labute approximate surface area is 114 Å². The quantitative estimate of drug-likeness (QED) is 0.808. The largest absolute Gasteiger partial charge is 0.487 e. The molecule has 0 N–H and O–H groups in total. The number of hydrogen-bond acceptors (Lipinski definition) is 2. The van der Waals surface area contributed by atoms with Gasteiger partial charge in [-0.05, 0) is 37.3 Å². The fourth-order valence-corrected chi connectivity index (χ4v) is 2.74. The van der Waals surface area contributed by atoms with E-state index in [1.807, 2.05) is 24.3 Å². The van der Waals surface area contributed by atoms with Crippen LogP contribution in [0.3, 0.4) is 0 Å². The summed E-state index contributed by atoms with van der Waals surface area (Å²) in [5.74, 6) is 1.35. The minimum Gasteiger partial charge on any atom is -0.487 e. The maximum absolute atomic E-state index is 9.20. The first-order valence-electron chi connectivity index (χ1n) is 6.55. The average molecular weight is 264 g/mol. The molecule has 0 bridgehead atoms. The molecule has 3 heteroatoms. The molecule has 1 aliphatic carbocycles. The number of ether oxygens (including phenoxy) is 1.